The fourth-order valence-corrected chi connectivity index (χ4v) is 2.78. The third kappa shape index (κ3) is 3.24. The molecule has 1 fully saturated rings. The van der Waals surface area contributed by atoms with Crippen LogP contribution in [0.2, 0.25) is 0 Å². The number of carbonyl (C=O) groups is 2. The first-order chi connectivity index (χ1) is 9.11. The molecule has 2 heterocycles. The largest absolute Gasteiger partial charge is 0.496 e. The van der Waals surface area contributed by atoms with Gasteiger partial charge >= 0.3 is 5.97 Å². The molecule has 7 heteroatoms. The number of rotatable bonds is 4. The van der Waals surface area contributed by atoms with Gasteiger partial charge in [-0.1, -0.05) is 0 Å². The van der Waals surface area contributed by atoms with Crippen LogP contribution >= 0.6 is 11.3 Å². The second-order valence-corrected chi connectivity index (χ2v) is 5.09. The zero-order valence-electron chi connectivity index (χ0n) is 10.5. The summed E-state index contributed by atoms with van der Waals surface area (Å²) in [7, 11) is 1.54. The molecule has 0 saturated carbocycles. The van der Waals surface area contributed by atoms with Crippen molar-refractivity contribution in [2.24, 2.45) is 0 Å². The first kappa shape index (κ1) is 13.8. The monoisotopic (exact) mass is 285 g/mol. The Labute approximate surface area is 114 Å². The van der Waals surface area contributed by atoms with Crippen LogP contribution in [0.5, 0.6) is 5.75 Å². The van der Waals surface area contributed by atoms with Gasteiger partial charge < -0.3 is 19.5 Å². The summed E-state index contributed by atoms with van der Waals surface area (Å²) in [5.41, 5.74) is 0. The number of morpholine rings is 1. The molecule has 1 amide bonds. The maximum Gasteiger partial charge on any atom is 0.305 e. The van der Waals surface area contributed by atoms with Crippen LogP contribution < -0.4 is 4.74 Å². The van der Waals surface area contributed by atoms with E-state index in [1.165, 1.54) is 18.4 Å². The van der Waals surface area contributed by atoms with Gasteiger partial charge in [0.05, 0.1) is 37.7 Å². The fraction of sp³-hybridized carbons (Fsp3) is 0.500. The lowest BCUT2D eigenvalue weighted by molar-refractivity contribution is -0.139. The van der Waals surface area contributed by atoms with Gasteiger partial charge in [0.1, 0.15) is 5.75 Å². The van der Waals surface area contributed by atoms with Gasteiger partial charge in [-0.25, -0.2) is 0 Å². The molecule has 0 bridgehead atoms. The van der Waals surface area contributed by atoms with Crippen LogP contribution in [0, 0.1) is 0 Å². The van der Waals surface area contributed by atoms with Crippen LogP contribution in [-0.4, -0.2) is 54.8 Å². The smallest absolute Gasteiger partial charge is 0.305 e. The molecule has 1 atom stereocenters. The topological polar surface area (TPSA) is 76.1 Å². The SMILES string of the molecule is COc1csc(C(=O)N2CCOC[C@H]2CC(=O)O)c1. The van der Waals surface area contributed by atoms with Gasteiger partial charge in [0.2, 0.25) is 0 Å². The van der Waals surface area contributed by atoms with E-state index in [0.717, 1.165) is 0 Å². The zero-order valence-corrected chi connectivity index (χ0v) is 11.3. The Morgan fingerprint density at radius 3 is 3.05 bits per heavy atom. The number of carbonyl (C=O) groups excluding carboxylic acids is 1. The first-order valence-corrected chi connectivity index (χ1v) is 6.73. The number of nitrogens with zero attached hydrogens (tertiary/aromatic N) is 1. The summed E-state index contributed by atoms with van der Waals surface area (Å²) in [6, 6.07) is 1.26. The van der Waals surface area contributed by atoms with Crippen molar-refractivity contribution >= 4 is 23.2 Å². The number of carboxylic acid groups (broad SMARTS) is 1. The summed E-state index contributed by atoms with van der Waals surface area (Å²) in [4.78, 5) is 25.3. The van der Waals surface area contributed by atoms with Gasteiger partial charge in [0, 0.05) is 18.0 Å². The number of methoxy groups -OCH3 is 1. The molecule has 0 spiro atoms. The van der Waals surface area contributed by atoms with E-state index in [1.54, 1.807) is 16.3 Å². The first-order valence-electron chi connectivity index (χ1n) is 5.85. The fourth-order valence-electron chi connectivity index (χ4n) is 1.97. The maximum atomic E-state index is 12.4. The molecule has 0 radical (unpaired) electrons. The van der Waals surface area contributed by atoms with Gasteiger partial charge in [-0.15, -0.1) is 11.3 Å². The Morgan fingerprint density at radius 2 is 2.42 bits per heavy atom. The number of hydrogen-bond acceptors (Lipinski definition) is 5. The summed E-state index contributed by atoms with van der Waals surface area (Å²) in [5.74, 6) is -0.462. The average molecular weight is 285 g/mol. The molecular weight excluding hydrogens is 270 g/mol. The lowest BCUT2D eigenvalue weighted by Crippen LogP contribution is -2.49. The summed E-state index contributed by atoms with van der Waals surface area (Å²) < 4.78 is 10.3. The van der Waals surface area contributed by atoms with Gasteiger partial charge in [-0.2, -0.15) is 0 Å². The number of ether oxygens (including phenoxy) is 2. The van der Waals surface area contributed by atoms with Crippen molar-refractivity contribution in [3.63, 3.8) is 0 Å². The summed E-state index contributed by atoms with van der Waals surface area (Å²) in [5, 5.41) is 10.6. The molecule has 0 aliphatic carbocycles. The molecule has 104 valence electrons. The van der Waals surface area contributed by atoms with Gasteiger partial charge in [0.25, 0.3) is 5.91 Å². The number of aliphatic carboxylic acids is 1. The Hall–Kier alpha value is -1.60. The minimum atomic E-state index is -0.933. The van der Waals surface area contributed by atoms with Gasteiger partial charge in [-0.05, 0) is 0 Å². The molecule has 1 N–H and O–H groups in total. The highest BCUT2D eigenvalue weighted by Gasteiger charge is 2.30. The predicted molar refractivity (Wildman–Crippen MR) is 68.8 cm³/mol. The lowest BCUT2D eigenvalue weighted by atomic mass is 10.1. The lowest BCUT2D eigenvalue weighted by Gasteiger charge is -2.34. The third-order valence-corrected chi connectivity index (χ3v) is 3.82. The molecule has 1 aliphatic rings. The van der Waals surface area contributed by atoms with E-state index in [4.69, 9.17) is 14.6 Å². The van der Waals surface area contributed by atoms with Crippen LogP contribution in [0.15, 0.2) is 11.4 Å². The minimum absolute atomic E-state index is 0.103. The standard InChI is InChI=1S/C12H15NO5S/c1-17-9-5-10(19-7-9)12(16)13-2-3-18-6-8(13)4-11(14)15/h5,7-8H,2-4,6H2,1H3,(H,14,15)/t8-/m1/s1. The van der Waals surface area contributed by atoms with Crippen molar-refractivity contribution in [2.75, 3.05) is 26.9 Å². The van der Waals surface area contributed by atoms with Crippen molar-refractivity contribution in [1.29, 1.82) is 0 Å². The molecule has 1 aromatic heterocycles. The molecule has 2 rings (SSSR count). The van der Waals surface area contributed by atoms with Crippen LogP contribution in [-0.2, 0) is 9.53 Å². The summed E-state index contributed by atoms with van der Waals surface area (Å²) in [6.45, 7) is 1.11. The number of carboxylic acids is 1. The molecular formula is C12H15NO5S. The number of amides is 1. The quantitative estimate of drug-likeness (QED) is 0.895. The highest BCUT2D eigenvalue weighted by molar-refractivity contribution is 7.12. The second-order valence-electron chi connectivity index (χ2n) is 4.18. The summed E-state index contributed by atoms with van der Waals surface area (Å²) in [6.07, 6.45) is -0.103. The molecule has 1 aliphatic heterocycles. The third-order valence-electron chi connectivity index (χ3n) is 2.92. The zero-order chi connectivity index (χ0) is 13.8. The van der Waals surface area contributed by atoms with Gasteiger partial charge in [-0.3, -0.25) is 9.59 Å². The van der Waals surface area contributed by atoms with E-state index in [-0.39, 0.29) is 18.9 Å². The Balaban J connectivity index is 2.12. The Bertz CT molecular complexity index is 472. The Kier molecular flexibility index (Phi) is 4.39. The van der Waals surface area contributed by atoms with E-state index in [2.05, 4.69) is 0 Å². The molecule has 0 unspecified atom stereocenters. The normalized spacial score (nSPS) is 19.2. The maximum absolute atomic E-state index is 12.4. The highest BCUT2D eigenvalue weighted by atomic mass is 32.1. The van der Waals surface area contributed by atoms with E-state index in [1.807, 2.05) is 0 Å². The van der Waals surface area contributed by atoms with Crippen molar-refractivity contribution in [3.05, 3.63) is 16.3 Å². The average Bonchev–Trinajstić information content (AvgIpc) is 2.86. The van der Waals surface area contributed by atoms with Crippen LogP contribution in [0.4, 0.5) is 0 Å². The molecule has 6 nitrogen and oxygen atoms in total. The molecule has 0 aromatic carbocycles. The van der Waals surface area contributed by atoms with E-state index in [9.17, 15) is 9.59 Å². The summed E-state index contributed by atoms with van der Waals surface area (Å²) >= 11 is 1.29. The molecule has 1 saturated heterocycles. The second kappa shape index (κ2) is 6.03. The Morgan fingerprint density at radius 1 is 1.63 bits per heavy atom. The van der Waals surface area contributed by atoms with E-state index < -0.39 is 12.0 Å². The predicted octanol–water partition coefficient (Wildman–Crippen LogP) is 1.07. The number of thiophene rings is 1. The van der Waals surface area contributed by atoms with E-state index in [0.29, 0.717) is 23.8 Å². The number of hydrogen-bond donors (Lipinski definition) is 1. The highest BCUT2D eigenvalue weighted by Crippen LogP contribution is 2.24. The molecule has 19 heavy (non-hydrogen) atoms. The van der Waals surface area contributed by atoms with Crippen molar-refractivity contribution in [2.45, 2.75) is 12.5 Å². The van der Waals surface area contributed by atoms with Crippen molar-refractivity contribution in [1.82, 2.24) is 4.90 Å². The van der Waals surface area contributed by atoms with Gasteiger partial charge in [0.15, 0.2) is 0 Å². The van der Waals surface area contributed by atoms with Crippen molar-refractivity contribution in [3.8, 4) is 5.75 Å². The van der Waals surface area contributed by atoms with Crippen LogP contribution in [0.1, 0.15) is 16.1 Å². The van der Waals surface area contributed by atoms with Crippen molar-refractivity contribution < 1.29 is 24.2 Å². The van der Waals surface area contributed by atoms with E-state index >= 15 is 0 Å². The molecule has 1 aromatic rings. The minimum Gasteiger partial charge on any atom is -0.496 e. The van der Waals surface area contributed by atoms with Crippen LogP contribution in [0.3, 0.4) is 0 Å². The van der Waals surface area contributed by atoms with Crippen LogP contribution in [0.25, 0.3) is 0 Å².